The van der Waals surface area contributed by atoms with Gasteiger partial charge < -0.3 is 10.2 Å². The molecule has 2 bridgehead atoms. The van der Waals surface area contributed by atoms with Crippen LogP contribution < -0.4 is 10.2 Å². The first kappa shape index (κ1) is 11.5. The first-order chi connectivity index (χ1) is 9.24. The Morgan fingerprint density at radius 1 is 1.42 bits per heavy atom. The van der Waals surface area contributed by atoms with Gasteiger partial charge in [-0.15, -0.1) is 0 Å². The molecule has 1 N–H and O–H groups in total. The maximum absolute atomic E-state index is 4.49. The van der Waals surface area contributed by atoms with Crippen molar-refractivity contribution in [1.82, 2.24) is 19.3 Å². The van der Waals surface area contributed by atoms with Crippen LogP contribution in [0.5, 0.6) is 0 Å². The van der Waals surface area contributed by atoms with Gasteiger partial charge in [0, 0.05) is 25.3 Å². The van der Waals surface area contributed by atoms with Crippen LogP contribution in [-0.2, 0) is 0 Å². The molecule has 1 saturated heterocycles. The van der Waals surface area contributed by atoms with E-state index in [4.69, 9.17) is 0 Å². The Morgan fingerprint density at radius 3 is 3.05 bits per heavy atom. The van der Waals surface area contributed by atoms with E-state index in [0.29, 0.717) is 12.1 Å². The van der Waals surface area contributed by atoms with Crippen LogP contribution in [0.1, 0.15) is 12.8 Å². The van der Waals surface area contributed by atoms with Crippen molar-refractivity contribution in [2.45, 2.75) is 24.9 Å². The fraction of sp³-hybridized carbons (Fsp3) is 0.538. The first-order valence-corrected chi connectivity index (χ1v) is 7.11. The molecule has 0 aromatic carbocycles. The molecule has 5 nitrogen and oxygen atoms in total. The number of thiol groups is 1. The molecule has 19 heavy (non-hydrogen) atoms. The number of nitrogens with one attached hydrogen (secondary N) is 1. The van der Waals surface area contributed by atoms with Gasteiger partial charge in [-0.1, -0.05) is 12.8 Å². The number of anilines is 1. The van der Waals surface area contributed by atoms with E-state index in [9.17, 15) is 0 Å². The first-order valence-electron chi connectivity index (χ1n) is 6.71. The summed E-state index contributed by atoms with van der Waals surface area (Å²) in [5, 5.41) is 4.68. The number of hydrogen-bond donors (Lipinski definition) is 2. The van der Waals surface area contributed by atoms with E-state index in [1.807, 2.05) is 12.3 Å². The topological polar surface area (TPSA) is 46.0 Å². The average Bonchev–Trinajstić information content (AvgIpc) is 3.13. The fourth-order valence-corrected chi connectivity index (χ4v) is 3.84. The Morgan fingerprint density at radius 2 is 2.32 bits per heavy atom. The number of nitrogens with zero attached hydrogens (tertiary/aromatic N) is 4. The Bertz CT molecular complexity index is 625. The van der Waals surface area contributed by atoms with Crippen molar-refractivity contribution >= 4 is 29.7 Å². The molecule has 3 atom stereocenters. The molecule has 3 unspecified atom stereocenters. The SMILES string of the molecule is CN(c1ncnc2c1ccn2S)C1CC2CNC1C2. The van der Waals surface area contributed by atoms with Crippen LogP contribution in [0.3, 0.4) is 0 Å². The minimum atomic E-state index is 0.542. The van der Waals surface area contributed by atoms with E-state index in [-0.39, 0.29) is 0 Å². The highest BCUT2D eigenvalue weighted by Crippen LogP contribution is 2.36. The molecule has 3 heterocycles. The lowest BCUT2D eigenvalue weighted by molar-refractivity contribution is 0.432. The zero-order valence-electron chi connectivity index (χ0n) is 10.8. The van der Waals surface area contributed by atoms with E-state index < -0.39 is 0 Å². The average molecular weight is 275 g/mol. The molecule has 2 fully saturated rings. The van der Waals surface area contributed by atoms with Gasteiger partial charge >= 0.3 is 0 Å². The number of rotatable bonds is 2. The van der Waals surface area contributed by atoms with Gasteiger partial charge in [-0.2, -0.15) is 0 Å². The smallest absolute Gasteiger partial charge is 0.155 e. The number of hydrogen-bond acceptors (Lipinski definition) is 5. The van der Waals surface area contributed by atoms with Crippen LogP contribution in [0.25, 0.3) is 11.0 Å². The summed E-state index contributed by atoms with van der Waals surface area (Å²) in [5.41, 5.74) is 0.872. The Hall–Kier alpha value is -1.27. The largest absolute Gasteiger partial charge is 0.354 e. The van der Waals surface area contributed by atoms with Crippen LogP contribution in [0.15, 0.2) is 18.6 Å². The van der Waals surface area contributed by atoms with Crippen LogP contribution in [0.4, 0.5) is 5.82 Å². The molecule has 1 aliphatic carbocycles. The normalized spacial score (nSPS) is 29.3. The molecule has 1 aliphatic heterocycles. The van der Waals surface area contributed by atoms with E-state index in [1.165, 1.54) is 19.4 Å². The Balaban J connectivity index is 1.74. The molecule has 0 amide bonds. The molecule has 2 aromatic rings. The van der Waals surface area contributed by atoms with Crippen molar-refractivity contribution in [1.29, 1.82) is 0 Å². The number of piperidine rings is 1. The highest BCUT2D eigenvalue weighted by Gasteiger charge is 2.41. The van der Waals surface area contributed by atoms with Gasteiger partial charge in [0.05, 0.1) is 5.39 Å². The second kappa shape index (κ2) is 4.11. The highest BCUT2D eigenvalue weighted by atomic mass is 32.1. The van der Waals surface area contributed by atoms with Crippen molar-refractivity contribution in [3.8, 4) is 0 Å². The van der Waals surface area contributed by atoms with Crippen LogP contribution >= 0.6 is 12.8 Å². The molecule has 0 radical (unpaired) electrons. The Labute approximate surface area is 117 Å². The summed E-state index contributed by atoms with van der Waals surface area (Å²) >= 11 is 4.37. The third kappa shape index (κ3) is 1.66. The third-order valence-corrected chi connectivity index (χ3v) is 4.89. The zero-order chi connectivity index (χ0) is 13.0. The van der Waals surface area contributed by atoms with E-state index in [2.05, 4.69) is 40.0 Å². The molecular formula is C13H17N5S. The van der Waals surface area contributed by atoms with Gasteiger partial charge in [0.15, 0.2) is 5.65 Å². The number of aromatic nitrogens is 3. The molecule has 6 heteroatoms. The second-order valence-corrected chi connectivity index (χ2v) is 6.06. The van der Waals surface area contributed by atoms with Crippen molar-refractivity contribution in [3.63, 3.8) is 0 Å². The standard InChI is InChI=1S/C13H17N5S/c1-17(11-5-8-4-10(11)14-6-8)12-9-2-3-18(19)13(9)16-7-15-12/h2-3,7-8,10-11,14,19H,4-6H2,1H3. The summed E-state index contributed by atoms with van der Waals surface area (Å²) in [5.74, 6) is 1.85. The molecule has 2 aromatic heterocycles. The molecule has 100 valence electrons. The van der Waals surface area contributed by atoms with Gasteiger partial charge in [-0.3, -0.25) is 3.97 Å². The predicted octanol–water partition coefficient (Wildman–Crippen LogP) is 1.31. The molecule has 0 spiro atoms. The molecule has 1 saturated carbocycles. The van der Waals surface area contributed by atoms with Gasteiger partial charge in [0.2, 0.25) is 0 Å². The Kier molecular flexibility index (Phi) is 2.50. The molecular weight excluding hydrogens is 258 g/mol. The fourth-order valence-electron chi connectivity index (χ4n) is 3.61. The van der Waals surface area contributed by atoms with Gasteiger partial charge in [-0.25, -0.2) is 9.97 Å². The highest BCUT2D eigenvalue weighted by molar-refractivity contribution is 7.78. The van der Waals surface area contributed by atoms with Crippen molar-refractivity contribution in [3.05, 3.63) is 18.6 Å². The number of likely N-dealkylation sites (N-methyl/N-ethyl adjacent to an activating group) is 1. The van der Waals surface area contributed by atoms with Crippen molar-refractivity contribution in [2.24, 2.45) is 5.92 Å². The van der Waals surface area contributed by atoms with Crippen molar-refractivity contribution < 1.29 is 0 Å². The zero-order valence-corrected chi connectivity index (χ0v) is 11.7. The monoisotopic (exact) mass is 275 g/mol. The minimum Gasteiger partial charge on any atom is -0.354 e. The summed E-state index contributed by atoms with van der Waals surface area (Å²) in [6, 6.07) is 3.19. The van der Waals surface area contributed by atoms with E-state index in [1.54, 1.807) is 10.3 Å². The van der Waals surface area contributed by atoms with Crippen molar-refractivity contribution in [2.75, 3.05) is 18.5 Å². The summed E-state index contributed by atoms with van der Waals surface area (Å²) in [4.78, 5) is 11.1. The van der Waals surface area contributed by atoms with E-state index in [0.717, 1.165) is 22.8 Å². The quantitative estimate of drug-likeness (QED) is 0.811. The van der Waals surface area contributed by atoms with E-state index >= 15 is 0 Å². The lowest BCUT2D eigenvalue weighted by Crippen LogP contribution is -2.47. The summed E-state index contributed by atoms with van der Waals surface area (Å²) < 4.78 is 1.74. The second-order valence-electron chi connectivity index (χ2n) is 5.63. The number of fused-ring (bicyclic) bond motifs is 3. The summed E-state index contributed by atoms with van der Waals surface area (Å²) in [6.07, 6.45) is 6.11. The summed E-state index contributed by atoms with van der Waals surface area (Å²) in [6.45, 7) is 1.18. The molecule has 4 rings (SSSR count). The maximum Gasteiger partial charge on any atom is 0.155 e. The molecule has 2 aliphatic rings. The predicted molar refractivity (Wildman–Crippen MR) is 78.6 cm³/mol. The van der Waals surface area contributed by atoms with Crippen LogP contribution in [0, 0.1) is 5.92 Å². The third-order valence-electron chi connectivity index (χ3n) is 4.57. The van der Waals surface area contributed by atoms with Gasteiger partial charge in [0.1, 0.15) is 12.1 Å². The van der Waals surface area contributed by atoms with Crippen LogP contribution in [-0.4, -0.2) is 39.6 Å². The maximum atomic E-state index is 4.49. The summed E-state index contributed by atoms with van der Waals surface area (Å²) in [7, 11) is 2.14. The van der Waals surface area contributed by atoms with Gasteiger partial charge in [-0.05, 0) is 31.4 Å². The lowest BCUT2D eigenvalue weighted by atomic mass is 10.1. The van der Waals surface area contributed by atoms with Gasteiger partial charge in [0.25, 0.3) is 0 Å². The minimum absolute atomic E-state index is 0.542. The van der Waals surface area contributed by atoms with Crippen LogP contribution in [0.2, 0.25) is 0 Å². The lowest BCUT2D eigenvalue weighted by Gasteiger charge is -2.33.